The van der Waals surface area contributed by atoms with Crippen LogP contribution in [0.5, 0.6) is 5.75 Å². The molecule has 5 nitrogen and oxygen atoms in total. The summed E-state index contributed by atoms with van der Waals surface area (Å²) < 4.78 is 5.28. The number of aliphatic hydroxyl groups is 1. The smallest absolute Gasteiger partial charge is 0.253 e. The first kappa shape index (κ1) is 19.4. The Bertz CT molecular complexity index is 773. The average Bonchev–Trinajstić information content (AvgIpc) is 3.09. The Balaban J connectivity index is 1.72. The van der Waals surface area contributed by atoms with Crippen LogP contribution in [0.3, 0.4) is 0 Å². The first-order chi connectivity index (χ1) is 13.0. The van der Waals surface area contributed by atoms with Gasteiger partial charge in [0.05, 0.1) is 7.11 Å². The standard InChI is InChI=1S/C22H28N2O3/c1-23(2)12-19-13-24(14-20(19)15-25)22(26)17-9-7-16(8-10-17)18-5-4-6-21(11-18)27-3/h4-11,19-20,25H,12-15H2,1-3H3. The van der Waals surface area contributed by atoms with Gasteiger partial charge in [-0.05, 0) is 55.4 Å². The second-order valence-corrected chi connectivity index (χ2v) is 7.48. The molecule has 144 valence electrons. The lowest BCUT2D eigenvalue weighted by molar-refractivity contribution is 0.0779. The fourth-order valence-corrected chi connectivity index (χ4v) is 3.78. The summed E-state index contributed by atoms with van der Waals surface area (Å²) in [7, 11) is 5.70. The highest BCUT2D eigenvalue weighted by Gasteiger charge is 2.35. The van der Waals surface area contributed by atoms with Gasteiger partial charge in [-0.2, -0.15) is 0 Å². The summed E-state index contributed by atoms with van der Waals surface area (Å²) in [6, 6.07) is 15.6. The molecule has 1 aliphatic heterocycles. The summed E-state index contributed by atoms with van der Waals surface area (Å²) in [6.45, 7) is 2.31. The molecule has 0 saturated carbocycles. The second kappa shape index (κ2) is 8.55. The van der Waals surface area contributed by atoms with Gasteiger partial charge in [0.15, 0.2) is 0 Å². The van der Waals surface area contributed by atoms with Crippen molar-refractivity contribution in [1.82, 2.24) is 9.80 Å². The van der Waals surface area contributed by atoms with E-state index in [0.717, 1.165) is 23.4 Å². The summed E-state index contributed by atoms with van der Waals surface area (Å²) >= 11 is 0. The first-order valence-electron chi connectivity index (χ1n) is 9.31. The highest BCUT2D eigenvalue weighted by atomic mass is 16.5. The van der Waals surface area contributed by atoms with Crippen molar-refractivity contribution in [2.24, 2.45) is 11.8 Å². The van der Waals surface area contributed by atoms with Crippen molar-refractivity contribution in [3.63, 3.8) is 0 Å². The predicted molar refractivity (Wildman–Crippen MR) is 107 cm³/mol. The van der Waals surface area contributed by atoms with Crippen LogP contribution in [0.4, 0.5) is 0 Å². The number of benzene rings is 2. The van der Waals surface area contributed by atoms with Crippen LogP contribution in [0.15, 0.2) is 48.5 Å². The Hall–Kier alpha value is -2.37. The van der Waals surface area contributed by atoms with E-state index in [4.69, 9.17) is 4.74 Å². The zero-order valence-electron chi connectivity index (χ0n) is 16.3. The number of ether oxygens (including phenoxy) is 1. The minimum Gasteiger partial charge on any atom is -0.497 e. The van der Waals surface area contributed by atoms with Gasteiger partial charge in [-0.25, -0.2) is 0 Å². The maximum Gasteiger partial charge on any atom is 0.253 e. The minimum atomic E-state index is 0.0342. The first-order valence-corrected chi connectivity index (χ1v) is 9.31. The molecule has 1 saturated heterocycles. The van der Waals surface area contributed by atoms with Crippen molar-refractivity contribution in [1.29, 1.82) is 0 Å². The average molecular weight is 368 g/mol. The van der Waals surface area contributed by atoms with Crippen LogP contribution < -0.4 is 4.74 Å². The van der Waals surface area contributed by atoms with Crippen LogP contribution in [0.2, 0.25) is 0 Å². The van der Waals surface area contributed by atoms with Crippen molar-refractivity contribution in [3.05, 3.63) is 54.1 Å². The number of aliphatic hydroxyl groups excluding tert-OH is 1. The van der Waals surface area contributed by atoms with Crippen molar-refractivity contribution in [3.8, 4) is 16.9 Å². The van der Waals surface area contributed by atoms with Crippen LogP contribution in [0.25, 0.3) is 11.1 Å². The van der Waals surface area contributed by atoms with E-state index in [1.807, 2.05) is 67.5 Å². The molecular formula is C22H28N2O3. The summed E-state index contributed by atoms with van der Waals surface area (Å²) in [6.07, 6.45) is 0. The van der Waals surface area contributed by atoms with Crippen LogP contribution in [0.1, 0.15) is 10.4 Å². The molecule has 0 spiro atoms. The van der Waals surface area contributed by atoms with Gasteiger partial charge in [-0.15, -0.1) is 0 Å². The number of carbonyl (C=O) groups is 1. The molecule has 1 heterocycles. The second-order valence-electron chi connectivity index (χ2n) is 7.48. The van der Waals surface area contributed by atoms with Crippen molar-refractivity contribution in [2.45, 2.75) is 0 Å². The van der Waals surface area contributed by atoms with Gasteiger partial charge in [-0.3, -0.25) is 4.79 Å². The molecule has 5 heteroatoms. The lowest BCUT2D eigenvalue weighted by atomic mass is 9.97. The quantitative estimate of drug-likeness (QED) is 0.852. The zero-order chi connectivity index (χ0) is 19.4. The molecule has 2 aromatic carbocycles. The van der Waals surface area contributed by atoms with E-state index in [1.54, 1.807) is 7.11 Å². The SMILES string of the molecule is COc1cccc(-c2ccc(C(=O)N3CC(CO)C(CN(C)C)C3)cc2)c1. The van der Waals surface area contributed by atoms with Gasteiger partial charge in [-0.1, -0.05) is 24.3 Å². The van der Waals surface area contributed by atoms with Crippen LogP contribution >= 0.6 is 0 Å². The van der Waals surface area contributed by atoms with Crippen molar-refractivity contribution >= 4 is 5.91 Å². The Labute approximate surface area is 161 Å². The van der Waals surface area contributed by atoms with Crippen LogP contribution in [0, 0.1) is 11.8 Å². The Kier molecular flexibility index (Phi) is 6.14. The summed E-state index contributed by atoms with van der Waals surface area (Å²) in [5, 5.41) is 9.66. The molecule has 0 radical (unpaired) electrons. The number of amides is 1. The Morgan fingerprint density at radius 2 is 1.81 bits per heavy atom. The Morgan fingerprint density at radius 1 is 1.11 bits per heavy atom. The molecule has 0 bridgehead atoms. The maximum atomic E-state index is 12.9. The monoisotopic (exact) mass is 368 g/mol. The fraction of sp³-hybridized carbons (Fsp3) is 0.409. The number of nitrogens with zero attached hydrogens (tertiary/aromatic N) is 2. The highest BCUT2D eigenvalue weighted by molar-refractivity contribution is 5.95. The molecule has 1 N–H and O–H groups in total. The lowest BCUT2D eigenvalue weighted by Crippen LogP contribution is -2.30. The number of hydrogen-bond donors (Lipinski definition) is 1. The maximum absolute atomic E-state index is 12.9. The molecule has 1 aliphatic rings. The molecule has 2 aromatic rings. The molecule has 1 fully saturated rings. The van der Waals surface area contributed by atoms with Crippen LogP contribution in [-0.4, -0.2) is 68.3 Å². The van der Waals surface area contributed by atoms with Crippen molar-refractivity contribution < 1.29 is 14.6 Å². The van der Waals surface area contributed by atoms with Gasteiger partial charge in [0, 0.05) is 37.7 Å². The summed E-state index contributed by atoms with van der Waals surface area (Å²) in [5.41, 5.74) is 2.79. The summed E-state index contributed by atoms with van der Waals surface area (Å²) in [4.78, 5) is 16.9. The highest BCUT2D eigenvalue weighted by Crippen LogP contribution is 2.27. The summed E-state index contributed by atoms with van der Waals surface area (Å²) in [5.74, 6) is 1.30. The number of hydrogen-bond acceptors (Lipinski definition) is 4. The zero-order valence-corrected chi connectivity index (χ0v) is 16.3. The molecule has 2 atom stereocenters. The third kappa shape index (κ3) is 4.49. The van der Waals surface area contributed by atoms with Gasteiger partial charge >= 0.3 is 0 Å². The minimum absolute atomic E-state index is 0.0342. The molecule has 0 aromatic heterocycles. The van der Waals surface area contributed by atoms with E-state index < -0.39 is 0 Å². The molecule has 2 unspecified atom stereocenters. The van der Waals surface area contributed by atoms with E-state index in [-0.39, 0.29) is 18.4 Å². The van der Waals surface area contributed by atoms with E-state index in [9.17, 15) is 9.90 Å². The van der Waals surface area contributed by atoms with Gasteiger partial charge in [0.25, 0.3) is 5.91 Å². The molecule has 0 aliphatic carbocycles. The third-order valence-corrected chi connectivity index (χ3v) is 5.23. The molecule has 27 heavy (non-hydrogen) atoms. The molecule has 3 rings (SSSR count). The number of likely N-dealkylation sites (tertiary alicyclic amines) is 1. The largest absolute Gasteiger partial charge is 0.497 e. The predicted octanol–water partition coefficient (Wildman–Crippen LogP) is 2.60. The topological polar surface area (TPSA) is 53.0 Å². The molecule has 1 amide bonds. The van der Waals surface area contributed by atoms with Gasteiger partial charge < -0.3 is 19.6 Å². The van der Waals surface area contributed by atoms with Crippen molar-refractivity contribution in [2.75, 3.05) is 47.4 Å². The normalized spacial score (nSPS) is 19.5. The lowest BCUT2D eigenvalue weighted by Gasteiger charge is -2.20. The fourth-order valence-electron chi connectivity index (χ4n) is 3.78. The van der Waals surface area contributed by atoms with E-state index >= 15 is 0 Å². The number of methoxy groups -OCH3 is 1. The Morgan fingerprint density at radius 3 is 2.44 bits per heavy atom. The van der Waals surface area contributed by atoms with E-state index in [2.05, 4.69) is 4.90 Å². The third-order valence-electron chi connectivity index (χ3n) is 5.23. The molecular weight excluding hydrogens is 340 g/mol. The number of rotatable bonds is 6. The number of carbonyl (C=O) groups excluding carboxylic acids is 1. The van der Waals surface area contributed by atoms with E-state index in [1.165, 1.54) is 0 Å². The van der Waals surface area contributed by atoms with Crippen LogP contribution in [-0.2, 0) is 0 Å². The van der Waals surface area contributed by atoms with Gasteiger partial charge in [0.1, 0.15) is 5.75 Å². The van der Waals surface area contributed by atoms with E-state index in [0.29, 0.717) is 24.6 Å². The van der Waals surface area contributed by atoms with Gasteiger partial charge in [0.2, 0.25) is 0 Å².